The highest BCUT2D eigenvalue weighted by Gasteiger charge is 2.25. The summed E-state index contributed by atoms with van der Waals surface area (Å²) in [6, 6.07) is 4.18. The van der Waals surface area contributed by atoms with Gasteiger partial charge in [-0.2, -0.15) is 0 Å². The van der Waals surface area contributed by atoms with Crippen molar-refractivity contribution in [2.45, 2.75) is 64.5 Å². The molecule has 3 heterocycles. The van der Waals surface area contributed by atoms with Gasteiger partial charge >= 0.3 is 0 Å². The van der Waals surface area contributed by atoms with Crippen molar-refractivity contribution in [2.24, 2.45) is 0 Å². The third kappa shape index (κ3) is 4.78. The lowest BCUT2D eigenvalue weighted by atomic mass is 9.92. The van der Waals surface area contributed by atoms with E-state index in [-0.39, 0.29) is 11.9 Å². The number of hydrogen-bond donors (Lipinski definition) is 1. The van der Waals surface area contributed by atoms with Crippen molar-refractivity contribution in [1.29, 1.82) is 0 Å². The fraction of sp³-hybridized carbons (Fsp3) is 0.652. The topological polar surface area (TPSA) is 68.1 Å². The normalized spacial score (nSPS) is 22.4. The Hall–Kier alpha value is -2.12. The molecule has 0 spiro atoms. The van der Waals surface area contributed by atoms with Crippen molar-refractivity contribution in [3.8, 4) is 0 Å². The lowest BCUT2D eigenvalue weighted by Gasteiger charge is -2.29. The SMILES string of the molecule is CCCCOC1CCC(NC(=O)c2ccn3c(C)cc(N4CCOCC4)nc23)CC1. The number of unbranched alkanes of at least 4 members (excludes halogenated alkanes) is 1. The van der Waals surface area contributed by atoms with Crippen molar-refractivity contribution in [1.82, 2.24) is 14.7 Å². The van der Waals surface area contributed by atoms with Gasteiger partial charge < -0.3 is 24.1 Å². The number of hydrogen-bond acceptors (Lipinski definition) is 5. The van der Waals surface area contributed by atoms with Crippen molar-refractivity contribution in [3.63, 3.8) is 0 Å². The quantitative estimate of drug-likeness (QED) is 0.704. The molecule has 1 N–H and O–H groups in total. The van der Waals surface area contributed by atoms with Gasteiger partial charge in [0.15, 0.2) is 5.65 Å². The smallest absolute Gasteiger partial charge is 0.255 e. The summed E-state index contributed by atoms with van der Waals surface area (Å²) >= 11 is 0. The molecule has 1 saturated carbocycles. The van der Waals surface area contributed by atoms with Crippen LogP contribution in [0.2, 0.25) is 0 Å². The summed E-state index contributed by atoms with van der Waals surface area (Å²) in [5, 5.41) is 3.24. The predicted octanol–water partition coefficient (Wildman–Crippen LogP) is 3.34. The Balaban J connectivity index is 1.41. The molecular formula is C23H34N4O3. The molecule has 2 aromatic heterocycles. The molecule has 164 valence electrons. The van der Waals surface area contributed by atoms with E-state index in [1.165, 1.54) is 0 Å². The monoisotopic (exact) mass is 414 g/mol. The van der Waals surface area contributed by atoms with Gasteiger partial charge in [0.05, 0.1) is 24.9 Å². The van der Waals surface area contributed by atoms with Crippen LogP contribution >= 0.6 is 0 Å². The minimum absolute atomic E-state index is 0.0288. The molecule has 0 unspecified atom stereocenters. The number of ether oxygens (including phenoxy) is 2. The number of carbonyl (C=O) groups excluding carboxylic acids is 1. The minimum atomic E-state index is -0.0288. The maximum absolute atomic E-state index is 13.0. The summed E-state index contributed by atoms with van der Waals surface area (Å²) in [5.41, 5.74) is 2.45. The zero-order chi connectivity index (χ0) is 20.9. The number of nitrogens with one attached hydrogen (secondary N) is 1. The second-order valence-corrected chi connectivity index (χ2v) is 8.45. The standard InChI is InChI=1S/C23H34N4O3/c1-3-4-13-30-19-7-5-18(6-8-19)24-23(28)20-9-10-27-17(2)16-21(25-22(20)27)26-11-14-29-15-12-26/h9-10,16,18-19H,3-8,11-15H2,1-2H3,(H,24,28). The van der Waals surface area contributed by atoms with Crippen LogP contribution in [0, 0.1) is 6.92 Å². The summed E-state index contributed by atoms with van der Waals surface area (Å²) in [4.78, 5) is 20.1. The van der Waals surface area contributed by atoms with Crippen molar-refractivity contribution < 1.29 is 14.3 Å². The molecule has 0 aromatic carbocycles. The predicted molar refractivity (Wildman–Crippen MR) is 117 cm³/mol. The fourth-order valence-corrected chi connectivity index (χ4v) is 4.38. The van der Waals surface area contributed by atoms with Crippen molar-refractivity contribution in [2.75, 3.05) is 37.8 Å². The summed E-state index contributed by atoms with van der Waals surface area (Å²) in [6.07, 6.45) is 8.55. The van der Waals surface area contributed by atoms with E-state index in [9.17, 15) is 4.79 Å². The Labute approximate surface area is 178 Å². The molecule has 1 aliphatic heterocycles. The first-order valence-corrected chi connectivity index (χ1v) is 11.4. The summed E-state index contributed by atoms with van der Waals surface area (Å²) in [6.45, 7) is 8.17. The Morgan fingerprint density at radius 2 is 2.03 bits per heavy atom. The van der Waals surface area contributed by atoms with E-state index in [0.29, 0.717) is 24.9 Å². The molecule has 30 heavy (non-hydrogen) atoms. The third-order valence-electron chi connectivity index (χ3n) is 6.24. The van der Waals surface area contributed by atoms with Gasteiger partial charge in [-0.3, -0.25) is 4.79 Å². The number of fused-ring (bicyclic) bond motifs is 1. The number of nitrogens with zero attached hydrogens (tertiary/aromatic N) is 3. The van der Waals surface area contributed by atoms with Crippen molar-refractivity contribution >= 4 is 17.4 Å². The number of aryl methyl sites for hydroxylation is 1. The minimum Gasteiger partial charge on any atom is -0.378 e. The van der Waals surface area contributed by atoms with Crippen LogP contribution in [0.1, 0.15) is 61.5 Å². The van der Waals surface area contributed by atoms with Gasteiger partial charge in [-0.25, -0.2) is 4.98 Å². The lowest BCUT2D eigenvalue weighted by molar-refractivity contribution is 0.0209. The van der Waals surface area contributed by atoms with Crippen molar-refractivity contribution in [3.05, 3.63) is 29.6 Å². The summed E-state index contributed by atoms with van der Waals surface area (Å²) in [5.74, 6) is 0.889. The maximum Gasteiger partial charge on any atom is 0.255 e. The van der Waals surface area contributed by atoms with Gasteiger partial charge in [-0.15, -0.1) is 0 Å². The molecule has 0 bridgehead atoms. The second-order valence-electron chi connectivity index (χ2n) is 8.45. The van der Waals surface area contributed by atoms with Crippen LogP contribution in [-0.4, -0.2) is 60.3 Å². The lowest BCUT2D eigenvalue weighted by Crippen LogP contribution is -2.39. The van der Waals surface area contributed by atoms with E-state index in [4.69, 9.17) is 14.5 Å². The van der Waals surface area contributed by atoms with E-state index in [1.54, 1.807) is 0 Å². The van der Waals surface area contributed by atoms with E-state index < -0.39 is 0 Å². The van der Waals surface area contributed by atoms with E-state index in [2.05, 4.69) is 30.1 Å². The molecule has 2 fully saturated rings. The average molecular weight is 415 g/mol. The number of morpholine rings is 1. The van der Waals surface area contributed by atoms with Crippen LogP contribution in [0.4, 0.5) is 5.82 Å². The van der Waals surface area contributed by atoms with E-state index in [0.717, 1.165) is 75.4 Å². The van der Waals surface area contributed by atoms with E-state index >= 15 is 0 Å². The first kappa shape index (κ1) is 21.1. The largest absolute Gasteiger partial charge is 0.378 e. The molecule has 2 aromatic rings. The number of amides is 1. The van der Waals surface area contributed by atoms with Gasteiger partial charge in [0.1, 0.15) is 5.82 Å². The molecule has 0 atom stereocenters. The molecule has 0 radical (unpaired) electrons. The van der Waals surface area contributed by atoms with Crippen LogP contribution in [0.5, 0.6) is 0 Å². The van der Waals surface area contributed by atoms with E-state index in [1.807, 2.05) is 16.7 Å². The maximum atomic E-state index is 13.0. The number of anilines is 1. The highest BCUT2D eigenvalue weighted by molar-refractivity contribution is 6.00. The Kier molecular flexibility index (Phi) is 6.89. The van der Waals surface area contributed by atoms with Gasteiger partial charge in [0, 0.05) is 43.7 Å². The molecular weight excluding hydrogens is 380 g/mol. The average Bonchev–Trinajstić information content (AvgIpc) is 3.21. The molecule has 7 nitrogen and oxygen atoms in total. The van der Waals surface area contributed by atoms with Crippen LogP contribution in [0.25, 0.3) is 5.65 Å². The molecule has 1 saturated heterocycles. The third-order valence-corrected chi connectivity index (χ3v) is 6.24. The first-order chi connectivity index (χ1) is 14.7. The molecule has 2 aliphatic rings. The fourth-order valence-electron chi connectivity index (χ4n) is 4.38. The Bertz CT molecular complexity index is 851. The molecule has 1 amide bonds. The van der Waals surface area contributed by atoms with Gasteiger partial charge in [0.2, 0.25) is 0 Å². The highest BCUT2D eigenvalue weighted by Crippen LogP contribution is 2.24. The highest BCUT2D eigenvalue weighted by atomic mass is 16.5. The Morgan fingerprint density at radius 1 is 1.27 bits per heavy atom. The number of rotatable bonds is 7. The van der Waals surface area contributed by atoms with Gasteiger partial charge in [-0.1, -0.05) is 13.3 Å². The summed E-state index contributed by atoms with van der Waals surface area (Å²) < 4.78 is 13.4. The molecule has 1 aliphatic carbocycles. The van der Waals surface area contributed by atoms with Gasteiger partial charge in [0.25, 0.3) is 5.91 Å². The Morgan fingerprint density at radius 3 is 2.77 bits per heavy atom. The van der Waals surface area contributed by atoms with Crippen LogP contribution in [0.3, 0.4) is 0 Å². The second kappa shape index (κ2) is 9.79. The zero-order valence-electron chi connectivity index (χ0n) is 18.2. The molecule has 4 rings (SSSR count). The number of aromatic nitrogens is 2. The zero-order valence-corrected chi connectivity index (χ0v) is 18.2. The first-order valence-electron chi connectivity index (χ1n) is 11.4. The van der Waals surface area contributed by atoms with Gasteiger partial charge in [-0.05, 0) is 45.1 Å². The molecule has 7 heteroatoms. The summed E-state index contributed by atoms with van der Waals surface area (Å²) in [7, 11) is 0. The van der Waals surface area contributed by atoms with Crippen LogP contribution < -0.4 is 10.2 Å². The number of carbonyl (C=O) groups is 1. The van der Waals surface area contributed by atoms with Crippen LogP contribution in [0.15, 0.2) is 18.3 Å². The van der Waals surface area contributed by atoms with Crippen LogP contribution in [-0.2, 0) is 9.47 Å².